The molecule has 0 saturated carbocycles. The molecule has 3 amide bonds. The Morgan fingerprint density at radius 2 is 1.81 bits per heavy atom. The summed E-state index contributed by atoms with van der Waals surface area (Å²) >= 11 is 7.88. The fraction of sp³-hybridized carbons (Fsp3) is 0.486. The molecule has 1 saturated heterocycles. The van der Waals surface area contributed by atoms with Crippen LogP contribution in [0.5, 0.6) is 5.75 Å². The summed E-state index contributed by atoms with van der Waals surface area (Å²) in [5, 5.41) is 8.85. The van der Waals surface area contributed by atoms with Crippen LogP contribution >= 0.6 is 23.4 Å². The topological polar surface area (TPSA) is 135 Å². The average molecular weight is 686 g/mol. The normalized spacial score (nSPS) is 26.6. The second-order valence-electron chi connectivity index (χ2n) is 12.5. The lowest BCUT2D eigenvalue weighted by molar-refractivity contribution is -0.156. The van der Waals surface area contributed by atoms with Crippen molar-refractivity contribution in [2.45, 2.75) is 70.4 Å². The van der Waals surface area contributed by atoms with E-state index in [0.717, 1.165) is 5.56 Å². The van der Waals surface area contributed by atoms with Crippen LogP contribution in [0.25, 0.3) is 0 Å². The van der Waals surface area contributed by atoms with Gasteiger partial charge < -0.3 is 30.2 Å². The maximum atomic E-state index is 13.6. The molecule has 2 heterocycles. The number of methoxy groups -OCH3 is 1. The minimum Gasteiger partial charge on any atom is -0.495 e. The molecule has 2 aliphatic rings. The van der Waals surface area contributed by atoms with E-state index in [4.69, 9.17) is 25.8 Å². The summed E-state index contributed by atoms with van der Waals surface area (Å²) < 4.78 is 17.3. The third-order valence-electron chi connectivity index (χ3n) is 8.47. The highest BCUT2D eigenvalue weighted by atomic mass is 35.5. The number of epoxide rings is 1. The summed E-state index contributed by atoms with van der Waals surface area (Å²) in [6, 6.07) is 13.1. The van der Waals surface area contributed by atoms with Gasteiger partial charge in [-0.1, -0.05) is 61.0 Å². The number of carbonyl (C=O) groups excluding carboxylic acids is 4. The van der Waals surface area contributed by atoms with E-state index < -0.39 is 47.3 Å². The number of halogens is 1. The van der Waals surface area contributed by atoms with Crippen molar-refractivity contribution < 1.29 is 33.4 Å². The third-order valence-corrected chi connectivity index (χ3v) is 9.41. The Hall–Kier alpha value is -3.54. The number of amides is 3. The molecular formula is C35H44ClN3O7S. The number of thioether (sulfide) groups is 1. The Morgan fingerprint density at radius 3 is 2.49 bits per heavy atom. The van der Waals surface area contributed by atoms with E-state index in [1.54, 1.807) is 49.9 Å². The summed E-state index contributed by atoms with van der Waals surface area (Å²) in [5.41, 5.74) is 0.662. The zero-order valence-corrected chi connectivity index (χ0v) is 29.0. The number of rotatable bonds is 9. The van der Waals surface area contributed by atoms with Crippen molar-refractivity contribution in [1.82, 2.24) is 16.0 Å². The van der Waals surface area contributed by atoms with Crippen molar-refractivity contribution in [2.75, 3.05) is 25.7 Å². The second kappa shape index (κ2) is 16.5. The third kappa shape index (κ3) is 9.98. The predicted molar refractivity (Wildman–Crippen MR) is 182 cm³/mol. The van der Waals surface area contributed by atoms with Crippen LogP contribution < -0.4 is 20.7 Å². The first-order valence-corrected chi connectivity index (χ1v) is 17.5. The predicted octanol–water partition coefficient (Wildman–Crippen LogP) is 4.40. The van der Waals surface area contributed by atoms with Gasteiger partial charge in [-0.15, -0.1) is 0 Å². The molecule has 12 heteroatoms. The molecular weight excluding hydrogens is 642 g/mol. The van der Waals surface area contributed by atoms with Gasteiger partial charge in [0.05, 0.1) is 23.7 Å². The second-order valence-corrected chi connectivity index (χ2v) is 13.9. The lowest BCUT2D eigenvalue weighted by atomic mass is 9.91. The summed E-state index contributed by atoms with van der Waals surface area (Å²) in [5.74, 6) is -1.02. The molecule has 0 bridgehead atoms. The first-order valence-electron chi connectivity index (χ1n) is 15.7. The standard InChI is InChI=1S/C35H44ClN3O7S/c1-21(30-31(46-30)23-10-7-6-8-11-23)27-12-9-13-29(40)38-26(19-22-14-15-28(44-4)24(36)18-22)32(41)37-20-35(2,3)34(43)39-25(16-17-47-5)33(42)45-27/h6-11,13-15,18,21,25-27,30-31H,12,16-17,19-20H2,1-5H3,(H,37,41)(H,38,40)(H,39,43)/b13-9+/t21-,25-,26+,27-,30+,31+/m0/s1. The van der Waals surface area contributed by atoms with Gasteiger partial charge in [-0.2, -0.15) is 11.8 Å². The molecule has 47 heavy (non-hydrogen) atoms. The van der Waals surface area contributed by atoms with Crippen molar-refractivity contribution in [3.63, 3.8) is 0 Å². The maximum Gasteiger partial charge on any atom is 0.328 e. The van der Waals surface area contributed by atoms with Crippen LogP contribution in [0.2, 0.25) is 5.02 Å². The van der Waals surface area contributed by atoms with Gasteiger partial charge in [0, 0.05) is 25.3 Å². The molecule has 3 N–H and O–H groups in total. The molecule has 2 aromatic rings. The van der Waals surface area contributed by atoms with E-state index in [1.165, 1.54) is 13.2 Å². The van der Waals surface area contributed by atoms with Crippen LogP contribution in [-0.2, 0) is 35.1 Å². The van der Waals surface area contributed by atoms with E-state index in [9.17, 15) is 19.2 Å². The zero-order valence-electron chi connectivity index (χ0n) is 27.4. The lowest BCUT2D eigenvalue weighted by Crippen LogP contribution is -2.54. The van der Waals surface area contributed by atoms with Crippen LogP contribution in [0, 0.1) is 11.3 Å². The number of esters is 1. The number of benzene rings is 2. The smallest absolute Gasteiger partial charge is 0.328 e. The number of cyclic esters (lactones) is 1. The van der Waals surface area contributed by atoms with E-state index in [1.807, 2.05) is 43.5 Å². The van der Waals surface area contributed by atoms with Crippen molar-refractivity contribution >= 4 is 47.1 Å². The summed E-state index contributed by atoms with van der Waals surface area (Å²) in [6.07, 6.45) is 4.69. The molecule has 6 atom stereocenters. The fourth-order valence-corrected chi connectivity index (χ4v) is 6.16. The van der Waals surface area contributed by atoms with Gasteiger partial charge in [0.1, 0.15) is 30.0 Å². The molecule has 0 unspecified atom stereocenters. The van der Waals surface area contributed by atoms with Gasteiger partial charge in [0.2, 0.25) is 17.7 Å². The molecule has 0 aromatic heterocycles. The van der Waals surface area contributed by atoms with Crippen LogP contribution in [0.4, 0.5) is 0 Å². The van der Waals surface area contributed by atoms with Crippen LogP contribution in [-0.4, -0.2) is 73.6 Å². The molecule has 10 nitrogen and oxygen atoms in total. The Balaban J connectivity index is 1.60. The molecule has 0 spiro atoms. The average Bonchev–Trinajstić information content (AvgIpc) is 3.85. The highest BCUT2D eigenvalue weighted by Crippen LogP contribution is 2.45. The Bertz CT molecular complexity index is 1450. The van der Waals surface area contributed by atoms with Crippen LogP contribution in [0.1, 0.15) is 50.8 Å². The monoisotopic (exact) mass is 685 g/mol. The van der Waals surface area contributed by atoms with Crippen molar-refractivity contribution in [3.8, 4) is 5.75 Å². The highest BCUT2D eigenvalue weighted by Gasteiger charge is 2.47. The SMILES string of the molecule is COc1ccc(C[C@H]2NC(=O)/C=C/C[C@@H]([C@H](C)[C@H]3O[C@@H]3c3ccccc3)OC(=O)[C@H](CCSC)NC(=O)C(C)(C)CNC2=O)cc1Cl. The van der Waals surface area contributed by atoms with Crippen LogP contribution in [0.15, 0.2) is 60.7 Å². The molecule has 4 rings (SSSR count). The summed E-state index contributed by atoms with van der Waals surface area (Å²) in [7, 11) is 1.51. The molecule has 2 aromatic carbocycles. The van der Waals surface area contributed by atoms with Crippen LogP contribution in [0.3, 0.4) is 0 Å². The number of ether oxygens (including phenoxy) is 3. The Labute approximate surface area is 285 Å². The summed E-state index contributed by atoms with van der Waals surface area (Å²) in [6.45, 7) is 5.28. The first kappa shape index (κ1) is 36.3. The van der Waals surface area contributed by atoms with Gasteiger partial charge in [-0.25, -0.2) is 4.79 Å². The largest absolute Gasteiger partial charge is 0.495 e. The maximum absolute atomic E-state index is 13.6. The lowest BCUT2D eigenvalue weighted by Gasteiger charge is -2.30. The van der Waals surface area contributed by atoms with Gasteiger partial charge in [-0.3, -0.25) is 14.4 Å². The first-order chi connectivity index (χ1) is 22.4. The fourth-order valence-electron chi connectivity index (χ4n) is 5.41. The molecule has 0 aliphatic carbocycles. The van der Waals surface area contributed by atoms with Gasteiger partial charge in [-0.05, 0) is 61.6 Å². The molecule has 1 fully saturated rings. The number of nitrogens with one attached hydrogen (secondary N) is 3. The number of hydrogen-bond donors (Lipinski definition) is 3. The highest BCUT2D eigenvalue weighted by molar-refractivity contribution is 7.98. The Kier molecular flexibility index (Phi) is 12.8. The van der Waals surface area contributed by atoms with Crippen molar-refractivity contribution in [2.24, 2.45) is 11.3 Å². The molecule has 254 valence electrons. The van der Waals surface area contributed by atoms with Gasteiger partial charge >= 0.3 is 5.97 Å². The molecule has 2 aliphatic heterocycles. The molecule has 0 radical (unpaired) electrons. The minimum atomic E-state index is -1.08. The summed E-state index contributed by atoms with van der Waals surface area (Å²) in [4.78, 5) is 53.7. The van der Waals surface area contributed by atoms with Gasteiger partial charge in [0.15, 0.2) is 0 Å². The van der Waals surface area contributed by atoms with E-state index in [-0.39, 0.29) is 37.5 Å². The van der Waals surface area contributed by atoms with Gasteiger partial charge in [0.25, 0.3) is 0 Å². The zero-order chi connectivity index (χ0) is 34.1. The van der Waals surface area contributed by atoms with E-state index >= 15 is 0 Å². The van der Waals surface area contributed by atoms with Crippen molar-refractivity contribution in [3.05, 3.63) is 76.8 Å². The number of hydrogen-bond acceptors (Lipinski definition) is 8. The Morgan fingerprint density at radius 1 is 1.06 bits per heavy atom. The van der Waals surface area contributed by atoms with E-state index in [0.29, 0.717) is 28.5 Å². The number of carbonyl (C=O) groups is 4. The van der Waals surface area contributed by atoms with Crippen molar-refractivity contribution in [1.29, 1.82) is 0 Å². The minimum absolute atomic E-state index is 0.0346. The quantitative estimate of drug-likeness (QED) is 0.261. The van der Waals surface area contributed by atoms with E-state index in [2.05, 4.69) is 16.0 Å².